The van der Waals surface area contributed by atoms with Crippen LogP contribution in [-0.2, 0) is 0 Å². The quantitative estimate of drug-likeness (QED) is 0.455. The first-order valence-electron chi connectivity index (χ1n) is 3.74. The van der Waals surface area contributed by atoms with Crippen LogP contribution in [0.4, 0.5) is 0 Å². The summed E-state index contributed by atoms with van der Waals surface area (Å²) in [6.45, 7) is 0. The molecule has 0 saturated heterocycles. The molecule has 0 fully saturated rings. The van der Waals surface area contributed by atoms with Gasteiger partial charge in [0.2, 0.25) is 0 Å². The Labute approximate surface area is 60.3 Å². The zero-order chi connectivity index (χ0) is 10.2. The SMILES string of the molecule is [2H]c1c(C#C)c(=O)n([2H])c(=O)n1[2H]. The number of rotatable bonds is 0. The fourth-order valence-electron chi connectivity index (χ4n) is 0.413. The van der Waals surface area contributed by atoms with Crippen LogP contribution in [0.25, 0.3) is 0 Å². The van der Waals surface area contributed by atoms with Crippen LogP contribution in [0.15, 0.2) is 15.8 Å². The summed E-state index contributed by atoms with van der Waals surface area (Å²) in [6, 6.07) is 0. The van der Waals surface area contributed by atoms with Gasteiger partial charge in [-0.1, -0.05) is 5.92 Å². The molecule has 0 unspecified atom stereocenters. The fourth-order valence-corrected chi connectivity index (χ4v) is 0.413. The van der Waals surface area contributed by atoms with Gasteiger partial charge in [0.15, 0.2) is 2.82 Å². The average Bonchev–Trinajstić information content (AvgIpc) is 2.13. The van der Waals surface area contributed by atoms with Crippen LogP contribution >= 0.6 is 0 Å². The molecule has 1 heterocycles. The fraction of sp³-hybridized carbons (Fsp3) is 0. The van der Waals surface area contributed by atoms with Gasteiger partial charge < -0.3 is 4.98 Å². The Bertz CT molecular complexity index is 508. The monoisotopic (exact) mass is 139 g/mol. The van der Waals surface area contributed by atoms with Crippen molar-refractivity contribution in [3.63, 3.8) is 0 Å². The Hall–Kier alpha value is -1.76. The van der Waals surface area contributed by atoms with Crippen molar-refractivity contribution in [2.24, 2.45) is 0 Å². The van der Waals surface area contributed by atoms with Crippen molar-refractivity contribution in [3.8, 4) is 12.3 Å². The van der Waals surface area contributed by atoms with Gasteiger partial charge in [0, 0.05) is 6.17 Å². The zero-order valence-electron chi connectivity index (χ0n) is 7.79. The van der Waals surface area contributed by atoms with Crippen molar-refractivity contribution < 1.29 is 4.19 Å². The summed E-state index contributed by atoms with van der Waals surface area (Å²) in [5, 5.41) is 0. The van der Waals surface area contributed by atoms with Crippen molar-refractivity contribution in [3.05, 3.63) is 32.6 Å². The highest BCUT2D eigenvalue weighted by atomic mass is 16.2. The minimum atomic E-state index is -1.21. The van der Waals surface area contributed by atoms with E-state index >= 15 is 0 Å². The molecule has 0 aromatic carbocycles. The molecule has 1 rings (SSSR count). The van der Waals surface area contributed by atoms with Crippen molar-refractivity contribution in [2.75, 3.05) is 0 Å². The van der Waals surface area contributed by atoms with Gasteiger partial charge in [-0.25, -0.2) is 4.79 Å². The molecular weight excluding hydrogens is 132 g/mol. The van der Waals surface area contributed by atoms with Crippen molar-refractivity contribution >= 4 is 0 Å². The van der Waals surface area contributed by atoms with Crippen molar-refractivity contribution in [1.82, 2.24) is 9.95 Å². The molecule has 1 aromatic heterocycles. The van der Waals surface area contributed by atoms with Crippen LogP contribution < -0.4 is 11.2 Å². The summed E-state index contributed by atoms with van der Waals surface area (Å²) in [5.74, 6) is 1.85. The summed E-state index contributed by atoms with van der Waals surface area (Å²) < 4.78 is 21.0. The largest absolute Gasteiger partial charge is 0.325 e. The highest BCUT2D eigenvalue weighted by Crippen LogP contribution is 1.75. The maximum atomic E-state index is 11.0. The maximum Gasteiger partial charge on any atom is 0.325 e. The predicted octanol–water partition coefficient (Wildman–Crippen LogP) is -0.956. The molecule has 0 bridgehead atoms. The smallest absolute Gasteiger partial charge is 0.313 e. The van der Waals surface area contributed by atoms with E-state index in [1.54, 1.807) is 0 Å². The van der Waals surface area contributed by atoms with Crippen LogP contribution in [0.2, 0.25) is 2.82 Å². The number of aromatic amines is 2. The number of hydrogen-bond acceptors (Lipinski definition) is 2. The normalized spacial score (nSPS) is 12.9. The summed E-state index contributed by atoms with van der Waals surface area (Å²) in [4.78, 5) is 21.9. The molecule has 2 N–H and O–H groups in total. The first kappa shape index (κ1) is 3.42. The van der Waals surface area contributed by atoms with Gasteiger partial charge in [-0.05, 0) is 0 Å². The standard InChI is InChI=1S/C6H4N2O2/c1-2-4-3-7-6(10)8-5(4)9/h1,3H,(H2,7,8,9,10)/i3D/hD2. The molecule has 0 atom stereocenters. The molecule has 0 radical (unpaired) electrons. The van der Waals surface area contributed by atoms with Gasteiger partial charge in [0.1, 0.15) is 5.56 Å². The molecule has 10 heavy (non-hydrogen) atoms. The molecule has 50 valence electrons. The molecule has 1 aromatic rings. The van der Waals surface area contributed by atoms with Gasteiger partial charge in [-0.15, -0.1) is 6.42 Å². The Morgan fingerprint density at radius 3 is 3.10 bits per heavy atom. The average molecular weight is 139 g/mol. The topological polar surface area (TPSA) is 65.7 Å². The third-order valence-corrected chi connectivity index (χ3v) is 0.819. The third kappa shape index (κ3) is 0.977. The van der Waals surface area contributed by atoms with E-state index in [9.17, 15) is 9.59 Å². The molecule has 4 nitrogen and oxygen atoms in total. The van der Waals surface area contributed by atoms with Gasteiger partial charge in [-0.2, -0.15) is 0 Å². The van der Waals surface area contributed by atoms with E-state index in [2.05, 4.69) is 0 Å². The van der Waals surface area contributed by atoms with Crippen LogP contribution in [0.3, 0.4) is 0 Å². The van der Waals surface area contributed by atoms with E-state index in [1.165, 1.54) is 0 Å². The molecule has 0 aliphatic carbocycles. The molecule has 0 aliphatic heterocycles. The Balaban J connectivity index is 3.92. The van der Waals surface area contributed by atoms with Gasteiger partial charge in [0.25, 0.3) is 5.56 Å². The van der Waals surface area contributed by atoms with Gasteiger partial charge in [-0.3, -0.25) is 9.77 Å². The van der Waals surface area contributed by atoms with Gasteiger partial charge in [0.05, 0.1) is 1.37 Å². The lowest BCUT2D eigenvalue weighted by Crippen LogP contribution is -2.23. The number of nitrogens with one attached hydrogen (secondary N) is 2. The summed E-state index contributed by atoms with van der Waals surface area (Å²) in [5.41, 5.74) is -2.74. The minimum absolute atomic E-state index is 0.0553. The van der Waals surface area contributed by atoms with Crippen LogP contribution in [0, 0.1) is 12.3 Å². The third-order valence-electron chi connectivity index (χ3n) is 0.819. The molecule has 0 amide bonds. The zero-order valence-corrected chi connectivity index (χ0v) is 4.79. The van der Waals surface area contributed by atoms with E-state index < -0.39 is 23.0 Å². The van der Waals surface area contributed by atoms with E-state index in [1.807, 2.05) is 5.92 Å². The van der Waals surface area contributed by atoms with Gasteiger partial charge >= 0.3 is 5.69 Å². The minimum Gasteiger partial charge on any atom is -0.313 e. The van der Waals surface area contributed by atoms with E-state index in [-0.39, 0.29) is 9.95 Å². The lowest BCUT2D eigenvalue weighted by Gasteiger charge is -1.84. The summed E-state index contributed by atoms with van der Waals surface area (Å²) >= 11 is 0. The van der Waals surface area contributed by atoms with Crippen molar-refractivity contribution in [2.45, 2.75) is 0 Å². The molecule has 0 spiro atoms. The van der Waals surface area contributed by atoms with E-state index in [0.29, 0.717) is 0 Å². The summed E-state index contributed by atoms with van der Waals surface area (Å²) in [7, 11) is 0. The van der Waals surface area contributed by atoms with Crippen LogP contribution in [-0.4, -0.2) is 9.95 Å². The first-order valence-corrected chi connectivity index (χ1v) is 2.34. The molecule has 0 aliphatic rings. The molecular formula is C6H4N2O2. The van der Waals surface area contributed by atoms with E-state index in [4.69, 9.17) is 10.6 Å². The Kier molecular flexibility index (Phi) is 0.763. The van der Waals surface area contributed by atoms with Crippen molar-refractivity contribution in [1.29, 1.82) is 0 Å². The first-order chi connectivity index (χ1) is 6.00. The second-order valence-electron chi connectivity index (χ2n) is 1.44. The highest BCUT2D eigenvalue weighted by Gasteiger charge is 1.92. The molecule has 4 heteroatoms. The van der Waals surface area contributed by atoms with E-state index in [0.717, 1.165) is 0 Å². The van der Waals surface area contributed by atoms with Crippen LogP contribution in [0.5, 0.6) is 0 Å². The molecule has 0 saturated carbocycles. The number of H-pyrrole nitrogens is 2. The summed E-state index contributed by atoms with van der Waals surface area (Å²) in [6.07, 6.45) is 4.19. The second kappa shape index (κ2) is 2.23. The number of hydrogen-bond donors (Lipinski definition) is 2. The Morgan fingerprint density at radius 1 is 1.80 bits per heavy atom. The highest BCUT2D eigenvalue weighted by molar-refractivity contribution is 5.25. The predicted molar refractivity (Wildman–Crippen MR) is 35.6 cm³/mol. The van der Waals surface area contributed by atoms with Crippen LogP contribution in [0.1, 0.15) is 6.93 Å². The lowest BCUT2D eigenvalue weighted by molar-refractivity contribution is 1.03. The number of terminal acetylenes is 1. The second-order valence-corrected chi connectivity index (χ2v) is 1.44. The maximum absolute atomic E-state index is 11.0. The Morgan fingerprint density at radius 2 is 2.50 bits per heavy atom. The lowest BCUT2D eigenvalue weighted by atomic mass is 10.4. The number of aromatic nitrogens is 2.